The predicted molar refractivity (Wildman–Crippen MR) is 101 cm³/mol. The lowest BCUT2D eigenvalue weighted by Gasteiger charge is -2.28. The molecule has 1 aliphatic heterocycles. The second-order valence-corrected chi connectivity index (χ2v) is 6.92. The number of halogens is 3. The minimum atomic E-state index is -1.60. The van der Waals surface area contributed by atoms with Gasteiger partial charge in [-0.05, 0) is 31.2 Å². The van der Waals surface area contributed by atoms with Crippen LogP contribution in [0.3, 0.4) is 0 Å². The van der Waals surface area contributed by atoms with E-state index in [1.165, 1.54) is 24.3 Å². The van der Waals surface area contributed by atoms with Gasteiger partial charge in [0.25, 0.3) is 5.91 Å². The van der Waals surface area contributed by atoms with Gasteiger partial charge in [-0.1, -0.05) is 53.0 Å². The number of nitrogens with one attached hydrogen (secondary N) is 1. The van der Waals surface area contributed by atoms with E-state index in [9.17, 15) is 9.18 Å². The minimum Gasteiger partial charge on any atom is -0.383 e. The Morgan fingerprint density at radius 2 is 1.77 bits per heavy atom. The van der Waals surface area contributed by atoms with Crippen molar-refractivity contribution in [2.75, 3.05) is 0 Å². The Bertz CT molecular complexity index is 894. The maximum atomic E-state index is 13.1. The number of aliphatic imine (C=N–C) groups is 2. The molecule has 3 N–H and O–H groups in total. The molecule has 5 nitrogen and oxygen atoms in total. The summed E-state index contributed by atoms with van der Waals surface area (Å²) in [7, 11) is 0. The molecule has 0 aromatic heterocycles. The Labute approximate surface area is 159 Å². The lowest BCUT2D eigenvalue weighted by atomic mass is 10.1. The third kappa shape index (κ3) is 3.43. The summed E-state index contributed by atoms with van der Waals surface area (Å²) in [5.74, 6) is -0.722. The molecule has 134 valence electrons. The molecular weight excluding hydrogens is 378 g/mol. The summed E-state index contributed by atoms with van der Waals surface area (Å²) in [6.45, 7) is 1.96. The summed E-state index contributed by atoms with van der Waals surface area (Å²) < 4.78 is 13.1. The molecule has 0 radical (unpaired) electrons. The number of amidine groups is 2. The van der Waals surface area contributed by atoms with E-state index in [1.54, 1.807) is 0 Å². The first-order valence-corrected chi connectivity index (χ1v) is 8.57. The van der Waals surface area contributed by atoms with Gasteiger partial charge in [0.05, 0.1) is 0 Å². The normalized spacial score (nSPS) is 19.3. The van der Waals surface area contributed by atoms with E-state index >= 15 is 0 Å². The molecule has 0 aliphatic carbocycles. The average Bonchev–Trinajstić information content (AvgIpc) is 2.94. The summed E-state index contributed by atoms with van der Waals surface area (Å²) in [5.41, 5.74) is 6.42. The fraction of sp³-hybridized carbons (Fsp3) is 0.167. The molecule has 0 fully saturated rings. The Morgan fingerprint density at radius 3 is 2.35 bits per heavy atom. The highest BCUT2D eigenvalue weighted by atomic mass is 35.5. The summed E-state index contributed by atoms with van der Waals surface area (Å²) in [5, 5.41) is 2.62. The van der Waals surface area contributed by atoms with Gasteiger partial charge in [0.1, 0.15) is 5.82 Å². The molecule has 8 heteroatoms. The fourth-order valence-electron chi connectivity index (χ4n) is 2.43. The molecule has 1 unspecified atom stereocenters. The van der Waals surface area contributed by atoms with Crippen molar-refractivity contribution < 1.29 is 9.18 Å². The van der Waals surface area contributed by atoms with Crippen molar-refractivity contribution >= 4 is 40.8 Å². The van der Waals surface area contributed by atoms with Crippen molar-refractivity contribution in [3.05, 3.63) is 71.0 Å². The molecule has 1 atom stereocenters. The Kier molecular flexibility index (Phi) is 4.98. The topological polar surface area (TPSA) is 79.8 Å². The molecule has 26 heavy (non-hydrogen) atoms. The number of benzene rings is 2. The van der Waals surface area contributed by atoms with Gasteiger partial charge in [-0.25, -0.2) is 14.4 Å². The molecular formula is C18H15Cl2FN4O. The average molecular weight is 393 g/mol. The van der Waals surface area contributed by atoms with Crippen LogP contribution in [0.1, 0.15) is 21.5 Å². The highest BCUT2D eigenvalue weighted by Crippen LogP contribution is 2.29. The Hall–Kier alpha value is -2.44. The SMILES string of the molecule is Cc1ccc(C2=NC(NC(=O)c3ccc(F)cc3)(C(Cl)Cl)C(N)=N2)cc1. The number of aryl methyl sites for hydroxylation is 1. The molecule has 0 saturated heterocycles. The molecule has 3 rings (SSSR count). The van der Waals surface area contributed by atoms with Gasteiger partial charge in [-0.2, -0.15) is 0 Å². The number of carbonyl (C=O) groups is 1. The number of rotatable bonds is 4. The summed E-state index contributed by atoms with van der Waals surface area (Å²) in [6, 6.07) is 12.5. The van der Waals surface area contributed by atoms with E-state index in [4.69, 9.17) is 28.9 Å². The first-order valence-electron chi connectivity index (χ1n) is 7.69. The first kappa shape index (κ1) is 18.4. The zero-order valence-electron chi connectivity index (χ0n) is 13.7. The number of amides is 1. The van der Waals surface area contributed by atoms with Crippen LogP contribution >= 0.6 is 23.2 Å². The van der Waals surface area contributed by atoms with Gasteiger partial charge in [0, 0.05) is 11.1 Å². The van der Waals surface area contributed by atoms with Gasteiger partial charge in [0.15, 0.2) is 16.5 Å². The number of alkyl halides is 2. The molecule has 1 aliphatic rings. The zero-order valence-corrected chi connectivity index (χ0v) is 15.2. The third-order valence-corrected chi connectivity index (χ3v) is 4.57. The molecule has 1 amide bonds. The Balaban J connectivity index is 1.95. The van der Waals surface area contributed by atoms with E-state index < -0.39 is 22.2 Å². The van der Waals surface area contributed by atoms with Crippen LogP contribution in [0.5, 0.6) is 0 Å². The molecule has 0 spiro atoms. The van der Waals surface area contributed by atoms with Gasteiger partial charge in [-0.15, -0.1) is 0 Å². The predicted octanol–water partition coefficient (Wildman–Crippen LogP) is 3.18. The van der Waals surface area contributed by atoms with Gasteiger partial charge in [0.2, 0.25) is 5.66 Å². The van der Waals surface area contributed by atoms with Crippen molar-refractivity contribution in [1.29, 1.82) is 0 Å². The molecule has 2 aromatic rings. The van der Waals surface area contributed by atoms with Crippen LogP contribution in [-0.2, 0) is 0 Å². The smallest absolute Gasteiger partial charge is 0.253 e. The van der Waals surface area contributed by atoms with Crippen LogP contribution in [-0.4, -0.2) is 28.1 Å². The number of nitrogens with two attached hydrogens (primary N) is 1. The number of hydrogen-bond donors (Lipinski definition) is 2. The molecule has 1 heterocycles. The number of hydrogen-bond acceptors (Lipinski definition) is 4. The third-order valence-electron chi connectivity index (χ3n) is 3.94. The maximum Gasteiger partial charge on any atom is 0.253 e. The number of nitrogens with zero attached hydrogens (tertiary/aromatic N) is 2. The maximum absolute atomic E-state index is 13.1. The quantitative estimate of drug-likeness (QED) is 0.783. The van der Waals surface area contributed by atoms with Crippen LogP contribution in [0.4, 0.5) is 4.39 Å². The van der Waals surface area contributed by atoms with Gasteiger partial charge in [-0.3, -0.25) is 4.79 Å². The largest absolute Gasteiger partial charge is 0.383 e. The monoisotopic (exact) mass is 392 g/mol. The second kappa shape index (κ2) is 7.05. The van der Waals surface area contributed by atoms with Gasteiger partial charge < -0.3 is 11.1 Å². The fourth-order valence-corrected chi connectivity index (χ4v) is 2.86. The highest BCUT2D eigenvalue weighted by Gasteiger charge is 2.46. The van der Waals surface area contributed by atoms with Crippen molar-refractivity contribution in [2.24, 2.45) is 15.7 Å². The van der Waals surface area contributed by atoms with Gasteiger partial charge >= 0.3 is 0 Å². The first-order chi connectivity index (χ1) is 12.3. The van der Waals surface area contributed by atoms with Crippen molar-refractivity contribution in [3.8, 4) is 0 Å². The summed E-state index contributed by atoms with van der Waals surface area (Å²) in [4.78, 5) is 20.0. The second-order valence-electron chi connectivity index (χ2n) is 5.83. The van der Waals surface area contributed by atoms with Crippen LogP contribution in [0.25, 0.3) is 0 Å². The number of carbonyl (C=O) groups excluding carboxylic acids is 1. The molecule has 2 aromatic carbocycles. The standard InChI is InChI=1S/C18H15Cl2FN4O/c1-10-2-4-11(5-3-10)14-23-17(22)18(24-14,16(19)20)25-15(26)12-6-8-13(21)9-7-12/h2-9,16H,1H3,(H,25,26)(H2,22,23,24). The van der Waals surface area contributed by atoms with E-state index in [1.807, 2.05) is 31.2 Å². The zero-order chi connectivity index (χ0) is 18.9. The minimum absolute atomic E-state index is 0.0291. The van der Waals surface area contributed by atoms with Crippen LogP contribution < -0.4 is 11.1 Å². The highest BCUT2D eigenvalue weighted by molar-refractivity contribution is 6.47. The lowest BCUT2D eigenvalue weighted by molar-refractivity contribution is 0.0928. The van der Waals surface area contributed by atoms with E-state index in [-0.39, 0.29) is 11.4 Å². The van der Waals surface area contributed by atoms with Crippen LogP contribution in [0.2, 0.25) is 0 Å². The van der Waals surface area contributed by atoms with E-state index in [0.717, 1.165) is 5.56 Å². The molecule has 0 bridgehead atoms. The lowest BCUT2D eigenvalue weighted by Crippen LogP contribution is -2.59. The van der Waals surface area contributed by atoms with Crippen molar-refractivity contribution in [3.63, 3.8) is 0 Å². The molecule has 0 saturated carbocycles. The van der Waals surface area contributed by atoms with Crippen molar-refractivity contribution in [2.45, 2.75) is 17.4 Å². The Morgan fingerprint density at radius 1 is 1.15 bits per heavy atom. The summed E-state index contributed by atoms with van der Waals surface area (Å²) in [6.07, 6.45) is 0. The van der Waals surface area contributed by atoms with E-state index in [0.29, 0.717) is 11.4 Å². The van der Waals surface area contributed by atoms with Crippen LogP contribution in [0, 0.1) is 12.7 Å². The van der Waals surface area contributed by atoms with Crippen molar-refractivity contribution in [1.82, 2.24) is 5.32 Å². The summed E-state index contributed by atoms with van der Waals surface area (Å²) >= 11 is 12.2. The van der Waals surface area contributed by atoms with Crippen LogP contribution in [0.15, 0.2) is 58.5 Å². The van der Waals surface area contributed by atoms with E-state index in [2.05, 4.69) is 15.3 Å².